The van der Waals surface area contributed by atoms with Crippen LogP contribution >= 0.6 is 0 Å². The van der Waals surface area contributed by atoms with E-state index in [0.29, 0.717) is 12.4 Å². The van der Waals surface area contributed by atoms with Crippen molar-refractivity contribution in [3.63, 3.8) is 0 Å². The number of unbranched alkanes of at least 4 members (excludes halogenated alkanes) is 7. The van der Waals surface area contributed by atoms with Gasteiger partial charge in [0.25, 0.3) is 0 Å². The van der Waals surface area contributed by atoms with E-state index >= 15 is 0 Å². The molecule has 0 aliphatic heterocycles. The van der Waals surface area contributed by atoms with Crippen molar-refractivity contribution in [2.75, 3.05) is 12.4 Å². The molecule has 0 aromatic heterocycles. The monoisotopic (exact) mass is 234 g/mol. The summed E-state index contributed by atoms with van der Waals surface area (Å²) in [7, 11) is 0. The first kappa shape index (κ1) is 15.1. The van der Waals surface area contributed by atoms with E-state index in [1.54, 1.807) is 0 Å². The molecule has 15 heavy (non-hydrogen) atoms. The van der Waals surface area contributed by atoms with E-state index in [1.165, 1.54) is 44.9 Å². The third-order valence-electron chi connectivity index (χ3n) is 2.41. The molecule has 0 aromatic rings. The Balaban J connectivity index is 3.01. The fourth-order valence-electron chi connectivity index (χ4n) is 1.54. The van der Waals surface area contributed by atoms with Crippen molar-refractivity contribution >= 4 is 11.1 Å². The van der Waals surface area contributed by atoms with Crippen LogP contribution in [-0.4, -0.2) is 16.6 Å². The van der Waals surface area contributed by atoms with Crippen molar-refractivity contribution in [3.8, 4) is 0 Å². The van der Waals surface area contributed by atoms with Crippen LogP contribution in [0.1, 0.15) is 65.2 Å². The third-order valence-corrected chi connectivity index (χ3v) is 3.53. The smallest absolute Gasteiger partial charge is 0.155 e. The Bertz CT molecular complexity index is 149. The van der Waals surface area contributed by atoms with Gasteiger partial charge in [-0.15, -0.1) is 0 Å². The van der Waals surface area contributed by atoms with Gasteiger partial charge in [0.2, 0.25) is 0 Å². The first-order chi connectivity index (χ1) is 7.31. The summed E-state index contributed by atoms with van der Waals surface area (Å²) in [5, 5.41) is 0. The fraction of sp³-hybridized carbons (Fsp3) is 1.00. The molecule has 3 heteroatoms. The molecule has 0 bridgehead atoms. The summed E-state index contributed by atoms with van der Waals surface area (Å²) in [4.78, 5) is 0. The molecule has 0 aliphatic rings. The zero-order valence-corrected chi connectivity index (χ0v) is 11.1. The van der Waals surface area contributed by atoms with Crippen molar-refractivity contribution in [1.29, 1.82) is 0 Å². The van der Waals surface area contributed by atoms with Crippen LogP contribution in [0.15, 0.2) is 0 Å². The molecule has 2 nitrogen and oxygen atoms in total. The zero-order valence-electron chi connectivity index (χ0n) is 10.3. The van der Waals surface area contributed by atoms with Crippen LogP contribution in [0.2, 0.25) is 0 Å². The Labute approximate surface area is 97.5 Å². The molecule has 0 aromatic carbocycles. The highest BCUT2D eigenvalue weighted by molar-refractivity contribution is 7.80. The lowest BCUT2D eigenvalue weighted by Gasteiger charge is -2.02. The van der Waals surface area contributed by atoms with E-state index in [-0.39, 0.29) is 0 Å². The highest BCUT2D eigenvalue weighted by atomic mass is 32.2. The van der Waals surface area contributed by atoms with Crippen molar-refractivity contribution in [3.05, 3.63) is 0 Å². The first-order valence-corrected chi connectivity index (χ1v) is 7.57. The summed E-state index contributed by atoms with van der Waals surface area (Å²) >= 11 is -1.03. The van der Waals surface area contributed by atoms with Crippen molar-refractivity contribution < 1.29 is 8.39 Å². The van der Waals surface area contributed by atoms with Gasteiger partial charge in [0.1, 0.15) is 0 Å². The topological polar surface area (TPSA) is 26.3 Å². The van der Waals surface area contributed by atoms with Gasteiger partial charge < -0.3 is 0 Å². The Kier molecular flexibility index (Phi) is 12.3. The fourth-order valence-corrected chi connectivity index (χ4v) is 2.36. The molecule has 0 amide bonds. The molecule has 0 N–H and O–H groups in total. The number of hydrogen-bond donors (Lipinski definition) is 0. The van der Waals surface area contributed by atoms with E-state index in [4.69, 9.17) is 4.18 Å². The lowest BCUT2D eigenvalue weighted by molar-refractivity contribution is 0.370. The van der Waals surface area contributed by atoms with Crippen LogP contribution in [-0.2, 0) is 15.3 Å². The summed E-state index contributed by atoms with van der Waals surface area (Å²) in [5.74, 6) is 0.711. The van der Waals surface area contributed by atoms with E-state index in [9.17, 15) is 4.21 Å². The second-order valence-electron chi connectivity index (χ2n) is 3.89. The molecule has 1 atom stereocenters. The van der Waals surface area contributed by atoms with Crippen LogP contribution < -0.4 is 0 Å². The van der Waals surface area contributed by atoms with E-state index in [2.05, 4.69) is 6.92 Å². The van der Waals surface area contributed by atoms with Crippen LogP contribution in [0, 0.1) is 0 Å². The van der Waals surface area contributed by atoms with Gasteiger partial charge >= 0.3 is 0 Å². The standard InChI is InChI=1S/C12H26O2S/c1-3-5-6-7-8-9-10-11-12-15(13)14-4-2/h3-12H2,1-2H3. The molecule has 92 valence electrons. The van der Waals surface area contributed by atoms with E-state index in [1.807, 2.05) is 6.92 Å². The maximum Gasteiger partial charge on any atom is 0.155 e. The molecule has 0 fully saturated rings. The van der Waals surface area contributed by atoms with Gasteiger partial charge in [-0.2, -0.15) is 0 Å². The maximum atomic E-state index is 11.1. The van der Waals surface area contributed by atoms with Crippen LogP contribution in [0.4, 0.5) is 0 Å². The predicted octanol–water partition coefficient (Wildman–Crippen LogP) is 3.83. The average Bonchev–Trinajstić information content (AvgIpc) is 2.22. The van der Waals surface area contributed by atoms with Crippen LogP contribution in [0.3, 0.4) is 0 Å². The highest BCUT2D eigenvalue weighted by Crippen LogP contribution is 2.08. The number of rotatable bonds is 11. The van der Waals surface area contributed by atoms with Gasteiger partial charge in [-0.1, -0.05) is 51.9 Å². The molecule has 0 saturated carbocycles. The summed E-state index contributed by atoms with van der Waals surface area (Å²) in [6.45, 7) is 4.68. The number of hydrogen-bond acceptors (Lipinski definition) is 2. The zero-order chi connectivity index (χ0) is 11.4. The van der Waals surface area contributed by atoms with Gasteiger partial charge in [-0.25, -0.2) is 4.21 Å². The van der Waals surface area contributed by atoms with Gasteiger partial charge in [-0.05, 0) is 13.3 Å². The lowest BCUT2D eigenvalue weighted by Crippen LogP contribution is -2.01. The Morgan fingerprint density at radius 3 is 1.93 bits per heavy atom. The normalized spacial score (nSPS) is 12.9. The second-order valence-corrected chi connectivity index (χ2v) is 5.14. The van der Waals surface area contributed by atoms with E-state index in [0.717, 1.165) is 6.42 Å². The molecule has 0 rings (SSSR count). The molecule has 0 spiro atoms. The molecule has 0 saturated heterocycles. The minimum Gasteiger partial charge on any atom is -0.291 e. The largest absolute Gasteiger partial charge is 0.291 e. The van der Waals surface area contributed by atoms with E-state index < -0.39 is 11.1 Å². The SMILES string of the molecule is CCCCCCCCCCS(=O)OCC. The summed E-state index contributed by atoms with van der Waals surface area (Å²) < 4.78 is 16.1. The van der Waals surface area contributed by atoms with Crippen LogP contribution in [0.5, 0.6) is 0 Å². The lowest BCUT2D eigenvalue weighted by atomic mass is 10.1. The summed E-state index contributed by atoms with van der Waals surface area (Å²) in [6.07, 6.45) is 10.3. The van der Waals surface area contributed by atoms with Crippen molar-refractivity contribution in [1.82, 2.24) is 0 Å². The second kappa shape index (κ2) is 12.2. The van der Waals surface area contributed by atoms with Gasteiger partial charge in [-0.3, -0.25) is 4.18 Å². The molecule has 1 unspecified atom stereocenters. The molecular weight excluding hydrogens is 208 g/mol. The van der Waals surface area contributed by atoms with Crippen molar-refractivity contribution in [2.45, 2.75) is 65.2 Å². The summed E-state index contributed by atoms with van der Waals surface area (Å²) in [5.41, 5.74) is 0. The Morgan fingerprint density at radius 1 is 0.867 bits per heavy atom. The van der Waals surface area contributed by atoms with Crippen LogP contribution in [0.25, 0.3) is 0 Å². The first-order valence-electron chi connectivity index (χ1n) is 6.32. The van der Waals surface area contributed by atoms with Gasteiger partial charge in [0.05, 0.1) is 6.61 Å². The molecule has 0 radical (unpaired) electrons. The minimum absolute atomic E-state index is 0.559. The predicted molar refractivity (Wildman–Crippen MR) is 67.2 cm³/mol. The average molecular weight is 234 g/mol. The summed E-state index contributed by atoms with van der Waals surface area (Å²) in [6, 6.07) is 0. The Morgan fingerprint density at radius 2 is 1.40 bits per heavy atom. The molecule has 0 heterocycles. The highest BCUT2D eigenvalue weighted by Gasteiger charge is 1.98. The van der Waals surface area contributed by atoms with Gasteiger partial charge in [0, 0.05) is 5.75 Å². The molecular formula is C12H26O2S. The quantitative estimate of drug-likeness (QED) is 0.508. The molecule has 0 aliphatic carbocycles. The maximum absolute atomic E-state index is 11.1. The third kappa shape index (κ3) is 12.0. The van der Waals surface area contributed by atoms with Gasteiger partial charge in [0.15, 0.2) is 11.1 Å². The Hall–Kier alpha value is 0.110. The minimum atomic E-state index is -1.03. The van der Waals surface area contributed by atoms with Crippen molar-refractivity contribution in [2.24, 2.45) is 0 Å².